The molecule has 2 rings (SSSR count). The van der Waals surface area contributed by atoms with Crippen LogP contribution in [0, 0.1) is 11.8 Å². The van der Waals surface area contributed by atoms with Crippen LogP contribution in [0.25, 0.3) is 0 Å². The number of nitrogens with zero attached hydrogens (tertiary/aromatic N) is 2. The second kappa shape index (κ2) is 6.36. The van der Waals surface area contributed by atoms with Crippen LogP contribution in [0.2, 0.25) is 0 Å². The number of carbonyl (C=O) groups excluding carboxylic acids is 1. The number of likely N-dealkylation sites (tertiary alicyclic amines) is 1. The van der Waals surface area contributed by atoms with Gasteiger partial charge in [-0.2, -0.15) is 0 Å². The van der Waals surface area contributed by atoms with E-state index >= 15 is 0 Å². The van der Waals surface area contributed by atoms with Gasteiger partial charge < -0.3 is 15.3 Å². The zero-order valence-corrected chi connectivity index (χ0v) is 11.5. The summed E-state index contributed by atoms with van der Waals surface area (Å²) in [6.45, 7) is 3.17. The van der Waals surface area contributed by atoms with Crippen LogP contribution in [-0.4, -0.2) is 46.6 Å². The molecule has 6 heteroatoms. The Morgan fingerprint density at radius 1 is 1.50 bits per heavy atom. The first-order chi connectivity index (χ1) is 9.58. The number of carbonyl (C=O) groups is 2. The van der Waals surface area contributed by atoms with Crippen molar-refractivity contribution in [2.24, 2.45) is 11.8 Å². The van der Waals surface area contributed by atoms with Crippen LogP contribution >= 0.6 is 0 Å². The van der Waals surface area contributed by atoms with E-state index in [1.165, 1.54) is 0 Å². The van der Waals surface area contributed by atoms with Crippen LogP contribution < -0.4 is 5.32 Å². The molecule has 1 saturated heterocycles. The summed E-state index contributed by atoms with van der Waals surface area (Å²) in [5, 5.41) is 11.9. The lowest BCUT2D eigenvalue weighted by atomic mass is 9.99. The molecule has 1 aliphatic heterocycles. The van der Waals surface area contributed by atoms with E-state index in [1.807, 2.05) is 19.1 Å². The predicted octanol–water partition coefficient (Wildman–Crippen LogP) is 0.986. The Balaban J connectivity index is 1.77. The van der Waals surface area contributed by atoms with Crippen LogP contribution in [-0.2, 0) is 11.2 Å². The third-order valence-corrected chi connectivity index (χ3v) is 3.63. The largest absolute Gasteiger partial charge is 0.481 e. The average Bonchev–Trinajstić information content (AvgIpc) is 2.82. The van der Waals surface area contributed by atoms with Gasteiger partial charge in [-0.1, -0.05) is 13.0 Å². The first kappa shape index (κ1) is 14.3. The van der Waals surface area contributed by atoms with Gasteiger partial charge in [-0.15, -0.1) is 0 Å². The molecule has 2 N–H and O–H groups in total. The summed E-state index contributed by atoms with van der Waals surface area (Å²) in [6, 6.07) is 3.62. The number of urea groups is 1. The normalized spacial score (nSPS) is 21.8. The fourth-order valence-electron chi connectivity index (χ4n) is 2.43. The number of nitrogens with one attached hydrogen (secondary N) is 1. The van der Waals surface area contributed by atoms with Crippen LogP contribution in [0.5, 0.6) is 0 Å². The minimum Gasteiger partial charge on any atom is -0.481 e. The molecule has 2 heterocycles. The Bertz CT molecular complexity index is 478. The van der Waals surface area contributed by atoms with E-state index in [4.69, 9.17) is 5.11 Å². The molecule has 1 fully saturated rings. The molecule has 0 spiro atoms. The molecule has 6 nitrogen and oxygen atoms in total. The monoisotopic (exact) mass is 277 g/mol. The van der Waals surface area contributed by atoms with Crippen LogP contribution in [0.3, 0.4) is 0 Å². The lowest BCUT2D eigenvalue weighted by molar-refractivity contribution is -0.142. The average molecular weight is 277 g/mol. The Morgan fingerprint density at radius 3 is 2.90 bits per heavy atom. The van der Waals surface area contributed by atoms with Gasteiger partial charge in [0, 0.05) is 32.0 Å². The van der Waals surface area contributed by atoms with Gasteiger partial charge in [-0.3, -0.25) is 9.78 Å². The van der Waals surface area contributed by atoms with Crippen molar-refractivity contribution in [3.8, 4) is 0 Å². The first-order valence-electron chi connectivity index (χ1n) is 6.72. The summed E-state index contributed by atoms with van der Waals surface area (Å²) in [7, 11) is 0. The third-order valence-electron chi connectivity index (χ3n) is 3.63. The predicted molar refractivity (Wildman–Crippen MR) is 73.2 cm³/mol. The van der Waals surface area contributed by atoms with Gasteiger partial charge in [-0.25, -0.2) is 4.79 Å². The van der Waals surface area contributed by atoms with Gasteiger partial charge in [0.2, 0.25) is 0 Å². The molecule has 2 amide bonds. The minimum absolute atomic E-state index is 0.00317. The number of carboxylic acid groups (broad SMARTS) is 1. The number of rotatable bonds is 4. The quantitative estimate of drug-likeness (QED) is 0.859. The first-order valence-corrected chi connectivity index (χ1v) is 6.72. The van der Waals surface area contributed by atoms with Crippen molar-refractivity contribution in [3.63, 3.8) is 0 Å². The van der Waals surface area contributed by atoms with Crippen molar-refractivity contribution in [1.29, 1.82) is 0 Å². The number of amides is 2. The van der Waals surface area contributed by atoms with E-state index in [0.717, 1.165) is 5.56 Å². The van der Waals surface area contributed by atoms with Crippen molar-refractivity contribution in [3.05, 3.63) is 30.1 Å². The molecular formula is C14H19N3O3. The van der Waals surface area contributed by atoms with E-state index in [-0.39, 0.29) is 18.5 Å². The molecule has 0 aliphatic carbocycles. The van der Waals surface area contributed by atoms with Crippen molar-refractivity contribution >= 4 is 12.0 Å². The van der Waals surface area contributed by atoms with Crippen LogP contribution in [0.1, 0.15) is 12.5 Å². The fourth-order valence-corrected chi connectivity index (χ4v) is 2.43. The van der Waals surface area contributed by atoms with Crippen LogP contribution in [0.15, 0.2) is 24.5 Å². The molecule has 1 aliphatic rings. The van der Waals surface area contributed by atoms with Gasteiger partial charge in [0.1, 0.15) is 0 Å². The molecule has 1 aromatic rings. The zero-order chi connectivity index (χ0) is 14.5. The van der Waals surface area contributed by atoms with Crippen molar-refractivity contribution in [1.82, 2.24) is 15.2 Å². The van der Waals surface area contributed by atoms with E-state index in [9.17, 15) is 9.59 Å². The Morgan fingerprint density at radius 2 is 2.30 bits per heavy atom. The van der Waals surface area contributed by atoms with Crippen molar-refractivity contribution in [2.75, 3.05) is 19.6 Å². The number of carboxylic acids is 1. The fraction of sp³-hybridized carbons (Fsp3) is 0.500. The summed E-state index contributed by atoms with van der Waals surface area (Å²) in [4.78, 5) is 28.6. The lowest BCUT2D eigenvalue weighted by Gasteiger charge is -2.16. The molecule has 20 heavy (non-hydrogen) atoms. The smallest absolute Gasteiger partial charge is 0.317 e. The van der Waals surface area contributed by atoms with E-state index in [1.54, 1.807) is 17.3 Å². The highest BCUT2D eigenvalue weighted by Crippen LogP contribution is 2.22. The Hall–Kier alpha value is -2.11. The molecule has 0 saturated carbocycles. The van der Waals surface area contributed by atoms with Gasteiger partial charge in [0.15, 0.2) is 0 Å². The maximum Gasteiger partial charge on any atom is 0.317 e. The topological polar surface area (TPSA) is 82.5 Å². The van der Waals surface area contributed by atoms with E-state index in [0.29, 0.717) is 19.5 Å². The standard InChI is InChI=1S/C14H19N3O3/c1-10-8-17(9-12(10)13(18)19)14(20)16-6-4-11-3-2-5-15-7-11/h2-3,5,7,10,12H,4,6,8-9H2,1H3,(H,16,20)(H,18,19). The van der Waals surface area contributed by atoms with E-state index < -0.39 is 11.9 Å². The highest BCUT2D eigenvalue weighted by molar-refractivity contribution is 5.77. The van der Waals surface area contributed by atoms with Crippen molar-refractivity contribution < 1.29 is 14.7 Å². The summed E-state index contributed by atoms with van der Waals surface area (Å²) < 4.78 is 0. The molecule has 0 bridgehead atoms. The third kappa shape index (κ3) is 3.46. The summed E-state index contributed by atoms with van der Waals surface area (Å²) in [5.74, 6) is -1.29. The zero-order valence-electron chi connectivity index (χ0n) is 11.5. The second-order valence-electron chi connectivity index (χ2n) is 5.17. The minimum atomic E-state index is -0.830. The lowest BCUT2D eigenvalue weighted by Crippen LogP contribution is -2.39. The molecule has 0 aromatic carbocycles. The molecule has 0 radical (unpaired) electrons. The summed E-state index contributed by atoms with van der Waals surface area (Å²) in [6.07, 6.45) is 4.19. The van der Waals surface area contributed by atoms with E-state index in [2.05, 4.69) is 10.3 Å². The van der Waals surface area contributed by atoms with Crippen molar-refractivity contribution in [2.45, 2.75) is 13.3 Å². The van der Waals surface area contributed by atoms with Crippen LogP contribution in [0.4, 0.5) is 4.79 Å². The maximum absolute atomic E-state index is 12.0. The molecule has 2 unspecified atom stereocenters. The van der Waals surface area contributed by atoms with Gasteiger partial charge in [0.05, 0.1) is 5.92 Å². The molecule has 2 atom stereocenters. The second-order valence-corrected chi connectivity index (χ2v) is 5.17. The number of aromatic nitrogens is 1. The number of pyridine rings is 1. The maximum atomic E-state index is 12.0. The summed E-state index contributed by atoms with van der Waals surface area (Å²) >= 11 is 0. The highest BCUT2D eigenvalue weighted by atomic mass is 16.4. The Labute approximate surface area is 117 Å². The van der Waals surface area contributed by atoms with Gasteiger partial charge >= 0.3 is 12.0 Å². The number of aliphatic carboxylic acids is 1. The van der Waals surface area contributed by atoms with Gasteiger partial charge in [-0.05, 0) is 24.0 Å². The van der Waals surface area contributed by atoms with Gasteiger partial charge in [0.25, 0.3) is 0 Å². The highest BCUT2D eigenvalue weighted by Gasteiger charge is 2.36. The SMILES string of the molecule is CC1CN(C(=O)NCCc2cccnc2)CC1C(=O)O. The number of hydrogen-bond acceptors (Lipinski definition) is 3. The summed E-state index contributed by atoms with van der Waals surface area (Å²) in [5.41, 5.74) is 1.06. The molecule has 108 valence electrons. The molecule has 1 aromatic heterocycles. The molecular weight excluding hydrogens is 258 g/mol. The number of hydrogen-bond donors (Lipinski definition) is 2. The Kier molecular flexibility index (Phi) is 4.55.